The van der Waals surface area contributed by atoms with E-state index in [9.17, 15) is 15.0 Å². The van der Waals surface area contributed by atoms with E-state index in [-0.39, 0.29) is 17.8 Å². The van der Waals surface area contributed by atoms with Gasteiger partial charge >= 0.3 is 5.97 Å². The Balaban J connectivity index is 2.01. The highest BCUT2D eigenvalue weighted by Gasteiger charge is 2.24. The van der Waals surface area contributed by atoms with Crippen molar-refractivity contribution in [3.8, 4) is 5.75 Å². The molecule has 0 unspecified atom stereocenters. The van der Waals surface area contributed by atoms with Crippen molar-refractivity contribution in [1.82, 2.24) is 4.57 Å². The molecule has 0 aliphatic rings. The molecule has 0 radical (unpaired) electrons. The van der Waals surface area contributed by atoms with Crippen LogP contribution in [0.3, 0.4) is 0 Å². The minimum Gasteiger partial charge on any atom is -0.422 e. The molecule has 0 saturated carbocycles. The number of fused-ring (bicyclic) bond motifs is 1. The van der Waals surface area contributed by atoms with Crippen LogP contribution < -0.4 is 4.74 Å². The van der Waals surface area contributed by atoms with Gasteiger partial charge in [0.05, 0.1) is 24.3 Å². The highest BCUT2D eigenvalue weighted by Crippen LogP contribution is 2.47. The normalized spacial score (nSPS) is 11.5. The van der Waals surface area contributed by atoms with E-state index in [1.807, 2.05) is 41.0 Å². The second-order valence-corrected chi connectivity index (χ2v) is 9.86. The van der Waals surface area contributed by atoms with Crippen LogP contribution >= 0.6 is 35.1 Å². The van der Waals surface area contributed by atoms with Crippen LogP contribution in [0.15, 0.2) is 53.7 Å². The van der Waals surface area contributed by atoms with Gasteiger partial charge in [-0.3, -0.25) is 0 Å². The summed E-state index contributed by atoms with van der Waals surface area (Å²) in [5.41, 5.74) is 2.66. The molecule has 0 bridgehead atoms. The summed E-state index contributed by atoms with van der Waals surface area (Å²) in [6.07, 6.45) is 0.967. The number of hydrogen-bond acceptors (Lipinski definition) is 8. The van der Waals surface area contributed by atoms with Crippen LogP contribution in [0.5, 0.6) is 5.75 Å². The average Bonchev–Trinajstić information content (AvgIpc) is 3.10. The second kappa shape index (κ2) is 12.9. The van der Waals surface area contributed by atoms with Crippen molar-refractivity contribution in [2.45, 2.75) is 11.1 Å². The van der Waals surface area contributed by atoms with Crippen LogP contribution in [-0.4, -0.2) is 58.8 Å². The van der Waals surface area contributed by atoms with Gasteiger partial charge in [0.2, 0.25) is 0 Å². The van der Waals surface area contributed by atoms with Crippen molar-refractivity contribution in [1.29, 1.82) is 0 Å². The molecule has 2 aromatic carbocycles. The molecule has 33 heavy (non-hydrogen) atoms. The van der Waals surface area contributed by atoms with E-state index in [4.69, 9.17) is 16.3 Å². The maximum absolute atomic E-state index is 12.0. The molecule has 2 N–H and O–H groups in total. The number of carbonyl (C=O) groups is 1. The topological polar surface area (TPSA) is 93.3 Å². The van der Waals surface area contributed by atoms with Crippen LogP contribution in [0.1, 0.15) is 15.7 Å². The fourth-order valence-corrected chi connectivity index (χ4v) is 6.25. The Labute approximate surface area is 205 Å². The molecular formula is C23H25ClN2O5S2. The fourth-order valence-electron chi connectivity index (χ4n) is 3.35. The summed E-state index contributed by atoms with van der Waals surface area (Å²) < 4.78 is 7.37. The Morgan fingerprint density at radius 1 is 1.12 bits per heavy atom. The first kappa shape index (κ1) is 25.5. The molecule has 1 aromatic heterocycles. The number of hydrogen-bond donors (Lipinski definition) is 2. The fraction of sp³-hybridized carbons (Fsp3) is 0.304. The van der Waals surface area contributed by atoms with Crippen molar-refractivity contribution >= 4 is 58.2 Å². The zero-order valence-corrected chi connectivity index (χ0v) is 20.4. The predicted octanol–water partition coefficient (Wildman–Crippen LogP) is 4.33. The lowest BCUT2D eigenvalue weighted by Gasteiger charge is -2.16. The average molecular weight is 509 g/mol. The minimum atomic E-state index is -0.644. The number of esters is 1. The van der Waals surface area contributed by atoms with E-state index in [1.54, 1.807) is 35.7 Å². The number of rotatable bonds is 12. The molecule has 3 rings (SSSR count). The smallest absolute Gasteiger partial charge is 0.358 e. The summed E-state index contributed by atoms with van der Waals surface area (Å²) >= 11 is 10.1. The minimum absolute atomic E-state index is 0.0544. The van der Waals surface area contributed by atoms with Crippen molar-refractivity contribution in [2.75, 3.05) is 31.8 Å². The van der Waals surface area contributed by atoms with E-state index in [0.29, 0.717) is 29.0 Å². The van der Waals surface area contributed by atoms with Gasteiger partial charge in [-0.05, 0) is 12.1 Å². The van der Waals surface area contributed by atoms with Crippen LogP contribution in [0.2, 0.25) is 5.15 Å². The molecular weight excluding hydrogens is 484 g/mol. The van der Waals surface area contributed by atoms with Gasteiger partial charge in [0.25, 0.3) is 0 Å². The van der Waals surface area contributed by atoms with Crippen molar-refractivity contribution in [2.24, 2.45) is 5.16 Å². The van der Waals surface area contributed by atoms with Crippen LogP contribution in [0.4, 0.5) is 0 Å². The number of thioether (sulfide) groups is 2. The lowest BCUT2D eigenvalue weighted by atomic mass is 10.2. The number of carbonyl (C=O) groups excluding carboxylic acids is 1. The third-order valence-electron chi connectivity index (χ3n) is 4.68. The Morgan fingerprint density at radius 2 is 1.79 bits per heavy atom. The highest BCUT2D eigenvalue weighted by atomic mass is 35.5. The van der Waals surface area contributed by atoms with Crippen LogP contribution in [-0.2, 0) is 16.2 Å². The second-order valence-electron chi connectivity index (χ2n) is 6.77. The number of benzene rings is 2. The number of aliphatic hydroxyl groups excluding tert-OH is 2. The molecule has 0 aliphatic heterocycles. The van der Waals surface area contributed by atoms with E-state index >= 15 is 0 Å². The molecule has 0 aliphatic carbocycles. The van der Waals surface area contributed by atoms with Gasteiger partial charge in [-0.25, -0.2) is 4.79 Å². The molecule has 0 fully saturated rings. The SMILES string of the molecule is CON=CC(=O)Oc1ccccc1Cn1c(Cl)c(C(SCCO)SCCO)c2ccccc21. The molecule has 3 aromatic rings. The standard InChI is InChI=1S/C23H25ClN2O5S2/c1-30-25-14-20(29)31-19-9-5-2-6-16(19)15-26-18-8-4-3-7-17(18)21(22(26)24)23(32-12-10-27)33-13-11-28/h2-9,14,23,27-28H,10-13,15H2,1H3. The lowest BCUT2D eigenvalue weighted by Crippen LogP contribution is -2.11. The number of halogens is 1. The van der Waals surface area contributed by atoms with E-state index in [0.717, 1.165) is 28.2 Å². The summed E-state index contributed by atoms with van der Waals surface area (Å²) in [6, 6.07) is 15.2. The van der Waals surface area contributed by atoms with Gasteiger partial charge < -0.3 is 24.4 Å². The molecule has 1 heterocycles. The summed E-state index contributed by atoms with van der Waals surface area (Å²) in [4.78, 5) is 16.6. The largest absolute Gasteiger partial charge is 0.422 e. The molecule has 10 heteroatoms. The van der Waals surface area contributed by atoms with Gasteiger partial charge in [-0.2, -0.15) is 0 Å². The Bertz CT molecular complexity index is 1100. The van der Waals surface area contributed by atoms with Gasteiger partial charge in [0.15, 0.2) is 6.21 Å². The lowest BCUT2D eigenvalue weighted by molar-refractivity contribution is -0.126. The summed E-state index contributed by atoms with van der Waals surface area (Å²) in [5, 5.41) is 23.7. The van der Waals surface area contributed by atoms with Crippen LogP contribution in [0, 0.1) is 0 Å². The maximum atomic E-state index is 12.0. The summed E-state index contributed by atoms with van der Waals surface area (Å²) in [7, 11) is 1.35. The Morgan fingerprint density at radius 3 is 2.48 bits per heavy atom. The monoisotopic (exact) mass is 508 g/mol. The zero-order chi connectivity index (χ0) is 23.6. The number of ether oxygens (including phenoxy) is 1. The van der Waals surface area contributed by atoms with Crippen LogP contribution in [0.25, 0.3) is 10.9 Å². The molecule has 7 nitrogen and oxygen atoms in total. The van der Waals surface area contributed by atoms with Gasteiger partial charge in [-0.15, -0.1) is 23.5 Å². The van der Waals surface area contributed by atoms with E-state index < -0.39 is 5.97 Å². The Hall–Kier alpha value is -2.17. The third-order valence-corrected chi connectivity index (χ3v) is 7.81. The predicted molar refractivity (Wildman–Crippen MR) is 135 cm³/mol. The van der Waals surface area contributed by atoms with Gasteiger partial charge in [-0.1, -0.05) is 53.2 Å². The molecule has 0 atom stereocenters. The first-order valence-corrected chi connectivity index (χ1v) is 12.7. The maximum Gasteiger partial charge on any atom is 0.358 e. The zero-order valence-electron chi connectivity index (χ0n) is 18.0. The van der Waals surface area contributed by atoms with Gasteiger partial charge in [0.1, 0.15) is 18.0 Å². The molecule has 0 spiro atoms. The molecule has 0 saturated heterocycles. The van der Waals surface area contributed by atoms with Crippen molar-refractivity contribution < 1.29 is 24.6 Å². The van der Waals surface area contributed by atoms with Crippen molar-refractivity contribution in [3.63, 3.8) is 0 Å². The molecule has 0 amide bonds. The van der Waals surface area contributed by atoms with E-state index in [1.165, 1.54) is 7.11 Å². The van der Waals surface area contributed by atoms with Gasteiger partial charge in [0, 0.05) is 33.5 Å². The Kier molecular flexibility index (Phi) is 9.95. The highest BCUT2D eigenvalue weighted by molar-refractivity contribution is 8.16. The third kappa shape index (κ3) is 6.45. The van der Waals surface area contributed by atoms with E-state index in [2.05, 4.69) is 9.99 Å². The van der Waals surface area contributed by atoms with Crippen molar-refractivity contribution in [3.05, 3.63) is 64.8 Å². The molecule has 176 valence electrons. The summed E-state index contributed by atoms with van der Waals surface area (Å²) in [6.45, 7) is 0.497. The number of aliphatic hydroxyl groups is 2. The first-order valence-electron chi connectivity index (χ1n) is 10.2. The number of aromatic nitrogens is 1. The summed E-state index contributed by atoms with van der Waals surface area (Å²) in [5.74, 6) is 0.872. The quantitative estimate of drug-likeness (QED) is 0.124. The first-order chi connectivity index (χ1) is 16.1. The number of nitrogens with zero attached hydrogens (tertiary/aromatic N) is 2. The number of para-hydroxylation sites is 2. The number of oxime groups is 1.